The molecule has 0 aliphatic carbocycles. The minimum absolute atomic E-state index is 0.0293. The first-order valence-electron chi connectivity index (χ1n) is 10.3. The molecule has 1 aliphatic heterocycles. The molecule has 0 bridgehead atoms. The Kier molecular flexibility index (Phi) is 6.48. The summed E-state index contributed by atoms with van der Waals surface area (Å²) < 4.78 is 78.9. The van der Waals surface area contributed by atoms with Gasteiger partial charge in [-0.3, -0.25) is 0 Å². The Morgan fingerprint density at radius 2 is 1.79 bits per heavy atom. The van der Waals surface area contributed by atoms with Gasteiger partial charge in [-0.05, 0) is 49.2 Å². The van der Waals surface area contributed by atoms with Gasteiger partial charge >= 0.3 is 6.18 Å². The standard InChI is InChI=1S/C21H21F4N5O2S/c22-17-6-4-15(5-7-17)18-13-19(30(28-18)20-26-9-2-10-27-20)16-3-1-11-29(14-16)33(31,32)12-8-21(23,24)25/h2,4-7,9-10,13,16H,1,3,8,11-12,14H2. The van der Waals surface area contributed by atoms with Gasteiger partial charge in [-0.1, -0.05) is 0 Å². The van der Waals surface area contributed by atoms with E-state index >= 15 is 0 Å². The monoisotopic (exact) mass is 483 g/mol. The highest BCUT2D eigenvalue weighted by molar-refractivity contribution is 7.89. The molecule has 7 nitrogen and oxygen atoms in total. The van der Waals surface area contributed by atoms with Crippen LogP contribution in [-0.2, 0) is 10.0 Å². The smallest absolute Gasteiger partial charge is 0.220 e. The zero-order valence-corrected chi connectivity index (χ0v) is 18.2. The van der Waals surface area contributed by atoms with Crippen LogP contribution in [0.4, 0.5) is 17.6 Å². The molecule has 1 aliphatic rings. The van der Waals surface area contributed by atoms with Crippen LogP contribution in [0.25, 0.3) is 17.2 Å². The van der Waals surface area contributed by atoms with E-state index in [1.165, 1.54) is 16.8 Å². The van der Waals surface area contributed by atoms with Crippen LogP contribution in [0.5, 0.6) is 0 Å². The van der Waals surface area contributed by atoms with E-state index in [4.69, 9.17) is 0 Å². The zero-order valence-electron chi connectivity index (χ0n) is 17.4. The summed E-state index contributed by atoms with van der Waals surface area (Å²) in [6, 6.07) is 9.17. The minimum atomic E-state index is -4.55. The lowest BCUT2D eigenvalue weighted by atomic mass is 9.95. The van der Waals surface area contributed by atoms with Crippen molar-refractivity contribution in [3.8, 4) is 17.2 Å². The molecule has 1 unspecified atom stereocenters. The number of rotatable bonds is 6. The summed E-state index contributed by atoms with van der Waals surface area (Å²) in [5, 5.41) is 4.56. The summed E-state index contributed by atoms with van der Waals surface area (Å²) in [5.74, 6) is -1.43. The van der Waals surface area contributed by atoms with Crippen molar-refractivity contribution in [3.63, 3.8) is 0 Å². The number of sulfonamides is 1. The number of alkyl halides is 3. The van der Waals surface area contributed by atoms with Crippen molar-refractivity contribution < 1.29 is 26.0 Å². The van der Waals surface area contributed by atoms with Gasteiger partial charge in [0.2, 0.25) is 10.0 Å². The molecule has 3 heterocycles. The fourth-order valence-electron chi connectivity index (χ4n) is 3.82. The van der Waals surface area contributed by atoms with Crippen LogP contribution in [0.1, 0.15) is 30.9 Å². The molecule has 4 rings (SSSR count). The quantitative estimate of drug-likeness (QED) is 0.497. The number of aromatic nitrogens is 4. The molecular formula is C21H21F4N5O2S. The van der Waals surface area contributed by atoms with Gasteiger partial charge in [0, 0.05) is 37.0 Å². The van der Waals surface area contributed by atoms with Gasteiger partial charge in [0.05, 0.1) is 23.6 Å². The van der Waals surface area contributed by atoms with Gasteiger partial charge in [-0.15, -0.1) is 0 Å². The van der Waals surface area contributed by atoms with E-state index in [9.17, 15) is 26.0 Å². The summed E-state index contributed by atoms with van der Waals surface area (Å²) >= 11 is 0. The van der Waals surface area contributed by atoms with Crippen LogP contribution in [0.15, 0.2) is 48.8 Å². The summed E-state index contributed by atoms with van der Waals surface area (Å²) in [5.41, 5.74) is 1.81. The Hall–Kier alpha value is -2.86. The first-order chi connectivity index (χ1) is 15.6. The molecule has 176 valence electrons. The second-order valence-corrected chi connectivity index (χ2v) is 9.89. The van der Waals surface area contributed by atoms with Crippen molar-refractivity contribution in [1.29, 1.82) is 0 Å². The Morgan fingerprint density at radius 1 is 1.09 bits per heavy atom. The third-order valence-corrected chi connectivity index (χ3v) is 7.30. The average Bonchev–Trinajstić information content (AvgIpc) is 3.24. The number of hydrogen-bond acceptors (Lipinski definition) is 5. The zero-order chi connectivity index (χ0) is 23.6. The van der Waals surface area contributed by atoms with Gasteiger partial charge in [0.15, 0.2) is 0 Å². The Bertz CT molecular complexity index is 1200. The van der Waals surface area contributed by atoms with Crippen molar-refractivity contribution in [2.45, 2.75) is 31.4 Å². The SMILES string of the molecule is O=S(=O)(CCC(F)(F)F)N1CCCC(c2cc(-c3ccc(F)cc3)nn2-c2ncccn2)C1. The molecule has 1 saturated heterocycles. The van der Waals surface area contributed by atoms with Gasteiger partial charge in [-0.25, -0.2) is 31.8 Å². The van der Waals surface area contributed by atoms with Gasteiger partial charge in [0.25, 0.3) is 5.95 Å². The predicted octanol–water partition coefficient (Wildman–Crippen LogP) is 3.93. The van der Waals surface area contributed by atoms with Crippen molar-refractivity contribution in [2.24, 2.45) is 0 Å². The normalized spacial score (nSPS) is 17.9. The second-order valence-electron chi connectivity index (χ2n) is 7.80. The van der Waals surface area contributed by atoms with Crippen LogP contribution < -0.4 is 0 Å². The molecule has 0 spiro atoms. The molecule has 1 aromatic carbocycles. The number of piperidine rings is 1. The number of hydrogen-bond donors (Lipinski definition) is 0. The van der Waals surface area contributed by atoms with Crippen LogP contribution >= 0.6 is 0 Å². The third-order valence-electron chi connectivity index (χ3n) is 5.46. The Morgan fingerprint density at radius 3 is 2.45 bits per heavy atom. The van der Waals surface area contributed by atoms with E-state index in [1.807, 2.05) is 0 Å². The van der Waals surface area contributed by atoms with E-state index in [0.717, 1.165) is 4.31 Å². The predicted molar refractivity (Wildman–Crippen MR) is 113 cm³/mol. The van der Waals surface area contributed by atoms with Crippen LogP contribution in [0.3, 0.4) is 0 Å². The minimum Gasteiger partial charge on any atom is -0.220 e. The van der Waals surface area contributed by atoms with Crippen molar-refractivity contribution in [3.05, 3.63) is 60.3 Å². The maximum Gasteiger partial charge on any atom is 0.390 e. The molecule has 0 amide bonds. The number of benzene rings is 1. The summed E-state index contributed by atoms with van der Waals surface area (Å²) in [6.07, 6.45) is -1.74. The van der Waals surface area contributed by atoms with E-state index in [0.29, 0.717) is 29.8 Å². The van der Waals surface area contributed by atoms with E-state index < -0.39 is 34.2 Å². The van der Waals surface area contributed by atoms with Crippen LogP contribution in [-0.4, -0.2) is 57.5 Å². The highest BCUT2D eigenvalue weighted by Gasteiger charge is 2.35. The molecule has 3 aromatic rings. The largest absolute Gasteiger partial charge is 0.390 e. The fourth-order valence-corrected chi connectivity index (χ4v) is 5.38. The van der Waals surface area contributed by atoms with Gasteiger partial charge in [0.1, 0.15) is 5.82 Å². The topological polar surface area (TPSA) is 81.0 Å². The Balaban J connectivity index is 1.66. The third kappa shape index (κ3) is 5.56. The highest BCUT2D eigenvalue weighted by atomic mass is 32.2. The lowest BCUT2D eigenvalue weighted by Gasteiger charge is -2.32. The number of nitrogens with zero attached hydrogens (tertiary/aromatic N) is 5. The molecule has 2 aromatic heterocycles. The summed E-state index contributed by atoms with van der Waals surface area (Å²) in [6.45, 7) is 0.194. The van der Waals surface area contributed by atoms with Gasteiger partial charge in [-0.2, -0.15) is 18.3 Å². The molecule has 0 radical (unpaired) electrons. The molecule has 0 saturated carbocycles. The molecule has 1 atom stereocenters. The lowest BCUT2D eigenvalue weighted by Crippen LogP contribution is -2.41. The molecule has 12 heteroatoms. The molecule has 1 fully saturated rings. The summed E-state index contributed by atoms with van der Waals surface area (Å²) in [4.78, 5) is 8.44. The van der Waals surface area contributed by atoms with Gasteiger partial charge < -0.3 is 0 Å². The molecular weight excluding hydrogens is 462 g/mol. The van der Waals surface area contributed by atoms with E-state index in [2.05, 4.69) is 15.1 Å². The lowest BCUT2D eigenvalue weighted by molar-refractivity contribution is -0.130. The van der Waals surface area contributed by atoms with Crippen molar-refractivity contribution >= 4 is 10.0 Å². The molecule has 33 heavy (non-hydrogen) atoms. The van der Waals surface area contributed by atoms with Crippen LogP contribution in [0, 0.1) is 5.82 Å². The van der Waals surface area contributed by atoms with Crippen molar-refractivity contribution in [1.82, 2.24) is 24.1 Å². The fraction of sp³-hybridized carbons (Fsp3) is 0.381. The average molecular weight is 483 g/mol. The highest BCUT2D eigenvalue weighted by Crippen LogP contribution is 2.33. The van der Waals surface area contributed by atoms with Crippen LogP contribution in [0.2, 0.25) is 0 Å². The Labute approximate surface area is 188 Å². The second kappa shape index (κ2) is 9.18. The molecule has 0 N–H and O–H groups in total. The first-order valence-corrected chi connectivity index (χ1v) is 11.9. The maximum absolute atomic E-state index is 13.4. The van der Waals surface area contributed by atoms with E-state index in [1.54, 1.807) is 36.7 Å². The summed E-state index contributed by atoms with van der Waals surface area (Å²) in [7, 11) is -4.07. The van der Waals surface area contributed by atoms with Crippen molar-refractivity contribution in [2.75, 3.05) is 18.8 Å². The number of halogens is 4. The maximum atomic E-state index is 13.4. The first kappa shape index (κ1) is 23.3. The van der Waals surface area contributed by atoms with E-state index in [-0.39, 0.29) is 25.0 Å².